The van der Waals surface area contributed by atoms with Gasteiger partial charge in [0.25, 0.3) is 5.91 Å². The van der Waals surface area contributed by atoms with Crippen LogP contribution in [0, 0.1) is 0 Å². The number of hydrogen-bond acceptors (Lipinski definition) is 2. The third-order valence-electron chi connectivity index (χ3n) is 2.73. The van der Waals surface area contributed by atoms with Crippen LogP contribution in [-0.2, 0) is 11.3 Å². The van der Waals surface area contributed by atoms with Gasteiger partial charge in [-0.05, 0) is 18.4 Å². The summed E-state index contributed by atoms with van der Waals surface area (Å²) in [6.07, 6.45) is 5.60. The summed E-state index contributed by atoms with van der Waals surface area (Å²) in [6, 6.07) is 9.82. The van der Waals surface area contributed by atoms with Crippen molar-refractivity contribution in [3.63, 3.8) is 0 Å². The van der Waals surface area contributed by atoms with E-state index in [-0.39, 0.29) is 5.91 Å². The maximum atomic E-state index is 11.9. The number of carbonyl (C=O) groups is 1. The fourth-order valence-electron chi connectivity index (χ4n) is 1.79. The maximum absolute atomic E-state index is 11.9. The molecule has 2 rings (SSSR count). The molecule has 0 fully saturated rings. The molecule has 3 heteroatoms. The van der Waals surface area contributed by atoms with Crippen LogP contribution in [0.4, 0.5) is 0 Å². The van der Waals surface area contributed by atoms with E-state index in [1.54, 1.807) is 0 Å². The van der Waals surface area contributed by atoms with E-state index >= 15 is 0 Å². The quantitative estimate of drug-likeness (QED) is 0.829. The zero-order valence-electron chi connectivity index (χ0n) is 9.65. The average Bonchev–Trinajstić information content (AvgIpc) is 2.38. The van der Waals surface area contributed by atoms with Crippen molar-refractivity contribution in [1.82, 2.24) is 5.32 Å². The normalized spacial score (nSPS) is 14.8. The first-order valence-corrected chi connectivity index (χ1v) is 5.75. The van der Waals surface area contributed by atoms with Crippen molar-refractivity contribution in [1.29, 1.82) is 0 Å². The second-order valence-electron chi connectivity index (χ2n) is 4.02. The Balaban J connectivity index is 1.94. The van der Waals surface area contributed by atoms with Crippen molar-refractivity contribution < 1.29 is 4.79 Å². The molecule has 3 N–H and O–H groups in total. The number of hydrogen-bond donors (Lipinski definition) is 2. The lowest BCUT2D eigenvalue weighted by molar-refractivity contribution is -0.117. The Labute approximate surface area is 101 Å². The highest BCUT2D eigenvalue weighted by Gasteiger charge is 2.13. The second kappa shape index (κ2) is 5.34. The monoisotopic (exact) mass is 228 g/mol. The van der Waals surface area contributed by atoms with Crippen LogP contribution in [0.1, 0.15) is 18.4 Å². The number of amides is 1. The lowest BCUT2D eigenvalue weighted by atomic mass is 10.0. The van der Waals surface area contributed by atoms with E-state index in [4.69, 9.17) is 5.73 Å². The minimum absolute atomic E-state index is 0.0951. The van der Waals surface area contributed by atoms with E-state index in [1.165, 1.54) is 0 Å². The van der Waals surface area contributed by atoms with E-state index < -0.39 is 0 Å². The summed E-state index contributed by atoms with van der Waals surface area (Å²) in [5, 5.41) is 2.87. The highest BCUT2D eigenvalue weighted by atomic mass is 16.1. The van der Waals surface area contributed by atoms with Crippen LogP contribution in [0.3, 0.4) is 0 Å². The van der Waals surface area contributed by atoms with E-state index in [0.717, 1.165) is 18.4 Å². The van der Waals surface area contributed by atoms with Crippen LogP contribution in [0.5, 0.6) is 0 Å². The molecule has 0 aliphatic heterocycles. The number of rotatable bonds is 3. The van der Waals surface area contributed by atoms with Gasteiger partial charge in [-0.15, -0.1) is 0 Å². The Morgan fingerprint density at radius 2 is 1.88 bits per heavy atom. The van der Waals surface area contributed by atoms with Gasteiger partial charge in [-0.25, -0.2) is 0 Å². The van der Waals surface area contributed by atoms with Crippen LogP contribution in [0.15, 0.2) is 53.8 Å². The van der Waals surface area contributed by atoms with Gasteiger partial charge in [0.2, 0.25) is 0 Å². The number of nitrogens with one attached hydrogen (secondary N) is 1. The maximum Gasteiger partial charge on any atom is 0.253 e. The number of benzene rings is 1. The minimum Gasteiger partial charge on any atom is -0.398 e. The lowest BCUT2D eigenvalue weighted by Crippen LogP contribution is -2.27. The van der Waals surface area contributed by atoms with Crippen molar-refractivity contribution in [3.8, 4) is 0 Å². The summed E-state index contributed by atoms with van der Waals surface area (Å²) >= 11 is 0. The van der Waals surface area contributed by atoms with Crippen LogP contribution in [-0.4, -0.2) is 5.91 Å². The van der Waals surface area contributed by atoms with Gasteiger partial charge in [-0.2, -0.15) is 0 Å². The molecular formula is C14H16N2O. The van der Waals surface area contributed by atoms with Crippen LogP contribution in [0.2, 0.25) is 0 Å². The van der Waals surface area contributed by atoms with Crippen molar-refractivity contribution in [2.75, 3.05) is 0 Å². The number of nitrogens with two attached hydrogens (primary N) is 1. The molecule has 1 aliphatic carbocycles. The summed E-state index contributed by atoms with van der Waals surface area (Å²) < 4.78 is 0. The zero-order chi connectivity index (χ0) is 12.1. The van der Waals surface area contributed by atoms with Gasteiger partial charge >= 0.3 is 0 Å². The Morgan fingerprint density at radius 3 is 2.59 bits per heavy atom. The first-order chi connectivity index (χ1) is 8.27. The molecule has 0 saturated heterocycles. The molecule has 1 amide bonds. The molecule has 0 bridgehead atoms. The van der Waals surface area contributed by atoms with Crippen LogP contribution in [0.25, 0.3) is 0 Å². The van der Waals surface area contributed by atoms with Crippen molar-refractivity contribution in [3.05, 3.63) is 59.3 Å². The molecule has 1 aliphatic rings. The van der Waals surface area contributed by atoms with Gasteiger partial charge in [-0.3, -0.25) is 4.79 Å². The summed E-state index contributed by atoms with van der Waals surface area (Å²) in [6.45, 7) is 0.532. The SMILES string of the molecule is NC1=CCCC=C1C(=O)NCc1ccccc1. The fraction of sp³-hybridized carbons (Fsp3) is 0.214. The Kier molecular flexibility index (Phi) is 3.60. The molecule has 88 valence electrons. The van der Waals surface area contributed by atoms with Gasteiger partial charge in [-0.1, -0.05) is 42.5 Å². The number of allylic oxidation sites excluding steroid dienone is 2. The molecular weight excluding hydrogens is 212 g/mol. The van der Waals surface area contributed by atoms with Crippen molar-refractivity contribution >= 4 is 5.91 Å². The standard InChI is InChI=1S/C14H16N2O/c15-13-9-5-4-8-12(13)14(17)16-10-11-6-2-1-3-7-11/h1-3,6-9H,4-5,10,15H2,(H,16,17). The predicted octanol–water partition coefficient (Wildman–Crippen LogP) is 1.87. The van der Waals surface area contributed by atoms with Gasteiger partial charge in [0.15, 0.2) is 0 Å². The minimum atomic E-state index is -0.0951. The van der Waals surface area contributed by atoms with Crippen LogP contribution < -0.4 is 11.1 Å². The second-order valence-corrected chi connectivity index (χ2v) is 4.02. The molecule has 0 aromatic heterocycles. The molecule has 0 heterocycles. The molecule has 0 atom stereocenters. The van der Waals surface area contributed by atoms with E-state index in [2.05, 4.69) is 5.32 Å². The molecule has 0 saturated carbocycles. The molecule has 1 aromatic carbocycles. The van der Waals surface area contributed by atoms with Crippen LogP contribution >= 0.6 is 0 Å². The number of carbonyl (C=O) groups excluding carboxylic acids is 1. The largest absolute Gasteiger partial charge is 0.398 e. The summed E-state index contributed by atoms with van der Waals surface area (Å²) in [4.78, 5) is 11.9. The van der Waals surface area contributed by atoms with Crippen molar-refractivity contribution in [2.45, 2.75) is 19.4 Å². The van der Waals surface area contributed by atoms with Crippen molar-refractivity contribution in [2.24, 2.45) is 5.73 Å². The molecule has 1 aromatic rings. The Hall–Kier alpha value is -2.03. The highest BCUT2D eigenvalue weighted by molar-refractivity contribution is 5.97. The topological polar surface area (TPSA) is 55.1 Å². The highest BCUT2D eigenvalue weighted by Crippen LogP contribution is 2.14. The fourth-order valence-corrected chi connectivity index (χ4v) is 1.79. The lowest BCUT2D eigenvalue weighted by Gasteiger charge is -2.12. The first-order valence-electron chi connectivity index (χ1n) is 5.75. The van der Waals surface area contributed by atoms with E-state index in [1.807, 2.05) is 42.5 Å². The molecule has 3 nitrogen and oxygen atoms in total. The van der Waals surface area contributed by atoms with E-state index in [0.29, 0.717) is 17.8 Å². The average molecular weight is 228 g/mol. The molecule has 17 heavy (non-hydrogen) atoms. The summed E-state index contributed by atoms with van der Waals surface area (Å²) in [5.74, 6) is -0.0951. The van der Waals surface area contributed by atoms with Gasteiger partial charge in [0, 0.05) is 12.2 Å². The molecule has 0 radical (unpaired) electrons. The van der Waals surface area contributed by atoms with Gasteiger partial charge in [0.05, 0.1) is 5.57 Å². The van der Waals surface area contributed by atoms with E-state index in [9.17, 15) is 4.79 Å². The van der Waals surface area contributed by atoms with Gasteiger partial charge < -0.3 is 11.1 Å². The Morgan fingerprint density at radius 1 is 1.18 bits per heavy atom. The molecule has 0 spiro atoms. The zero-order valence-corrected chi connectivity index (χ0v) is 9.65. The predicted molar refractivity (Wildman–Crippen MR) is 67.9 cm³/mol. The first kappa shape index (κ1) is 11.5. The molecule has 0 unspecified atom stereocenters. The smallest absolute Gasteiger partial charge is 0.253 e. The van der Waals surface area contributed by atoms with Gasteiger partial charge in [0.1, 0.15) is 0 Å². The Bertz CT molecular complexity index is 460. The third-order valence-corrected chi connectivity index (χ3v) is 2.73. The third kappa shape index (κ3) is 2.97. The summed E-state index contributed by atoms with van der Waals surface area (Å²) in [5.41, 5.74) is 8.05. The summed E-state index contributed by atoms with van der Waals surface area (Å²) in [7, 11) is 0.